The van der Waals surface area contributed by atoms with Crippen LogP contribution in [0.1, 0.15) is 30.7 Å². The maximum absolute atomic E-state index is 11.9. The SMILES string of the molecule is CC#CC(=O)N1CCCC(c2nc3ccccc3s2)C1. The maximum Gasteiger partial charge on any atom is 0.298 e. The highest BCUT2D eigenvalue weighted by molar-refractivity contribution is 7.18. The number of benzene rings is 1. The van der Waals surface area contributed by atoms with E-state index in [-0.39, 0.29) is 5.91 Å². The van der Waals surface area contributed by atoms with Crippen LogP contribution < -0.4 is 0 Å². The summed E-state index contributed by atoms with van der Waals surface area (Å²) in [6.45, 7) is 3.26. The number of carbonyl (C=O) groups excluding carboxylic acids is 1. The molecule has 1 amide bonds. The summed E-state index contributed by atoms with van der Waals surface area (Å²) in [6, 6.07) is 8.20. The fourth-order valence-electron chi connectivity index (χ4n) is 2.61. The Kier molecular flexibility index (Phi) is 3.70. The van der Waals surface area contributed by atoms with Gasteiger partial charge in [0.05, 0.1) is 15.2 Å². The zero-order valence-corrected chi connectivity index (χ0v) is 12.2. The lowest BCUT2D eigenvalue weighted by atomic mass is 9.99. The fraction of sp³-hybridized carbons (Fsp3) is 0.375. The summed E-state index contributed by atoms with van der Waals surface area (Å²) in [6.07, 6.45) is 2.13. The van der Waals surface area contributed by atoms with E-state index < -0.39 is 0 Å². The van der Waals surface area contributed by atoms with Crippen LogP contribution in [-0.4, -0.2) is 28.9 Å². The van der Waals surface area contributed by atoms with Crippen molar-refractivity contribution in [1.29, 1.82) is 0 Å². The largest absolute Gasteiger partial charge is 0.331 e. The summed E-state index contributed by atoms with van der Waals surface area (Å²) in [7, 11) is 0. The second-order valence-corrected chi connectivity index (χ2v) is 6.05. The van der Waals surface area contributed by atoms with Gasteiger partial charge in [-0.05, 0) is 37.8 Å². The average Bonchev–Trinajstić information content (AvgIpc) is 2.91. The first-order valence-corrected chi connectivity index (χ1v) is 7.66. The van der Waals surface area contributed by atoms with Crippen LogP contribution in [0.5, 0.6) is 0 Å². The summed E-state index contributed by atoms with van der Waals surface area (Å²) in [5.74, 6) is 5.61. The summed E-state index contributed by atoms with van der Waals surface area (Å²) in [4.78, 5) is 18.5. The first kappa shape index (κ1) is 13.1. The third kappa shape index (κ3) is 2.54. The highest BCUT2D eigenvalue weighted by Crippen LogP contribution is 2.32. The van der Waals surface area contributed by atoms with Gasteiger partial charge < -0.3 is 4.90 Å². The molecule has 1 aromatic heterocycles. The Morgan fingerprint density at radius 1 is 1.45 bits per heavy atom. The molecule has 1 aliphatic rings. The Morgan fingerprint density at radius 3 is 3.10 bits per heavy atom. The number of hydrogen-bond acceptors (Lipinski definition) is 3. The molecule has 2 aromatic rings. The molecule has 0 N–H and O–H groups in total. The molecule has 102 valence electrons. The van der Waals surface area contributed by atoms with E-state index in [1.807, 2.05) is 23.1 Å². The van der Waals surface area contributed by atoms with Gasteiger partial charge in [-0.25, -0.2) is 4.98 Å². The molecule has 0 radical (unpaired) electrons. The number of piperidine rings is 1. The Hall–Kier alpha value is -1.86. The molecule has 1 fully saturated rings. The number of rotatable bonds is 1. The number of likely N-dealkylation sites (tertiary alicyclic amines) is 1. The van der Waals surface area contributed by atoms with Gasteiger partial charge in [0.25, 0.3) is 5.91 Å². The van der Waals surface area contributed by atoms with E-state index in [9.17, 15) is 4.79 Å². The minimum atomic E-state index is -0.0571. The minimum Gasteiger partial charge on any atom is -0.331 e. The monoisotopic (exact) mass is 284 g/mol. The summed E-state index contributed by atoms with van der Waals surface area (Å²) >= 11 is 1.75. The summed E-state index contributed by atoms with van der Waals surface area (Å²) in [5, 5.41) is 1.15. The molecule has 0 saturated carbocycles. The van der Waals surface area contributed by atoms with Gasteiger partial charge in [0.1, 0.15) is 0 Å². The molecular formula is C16H16N2OS. The maximum atomic E-state index is 11.9. The van der Waals surface area contributed by atoms with E-state index in [0.717, 1.165) is 36.5 Å². The smallest absolute Gasteiger partial charge is 0.298 e. The topological polar surface area (TPSA) is 33.2 Å². The van der Waals surface area contributed by atoms with Crippen LogP contribution in [0.15, 0.2) is 24.3 Å². The van der Waals surface area contributed by atoms with Crippen molar-refractivity contribution in [2.75, 3.05) is 13.1 Å². The van der Waals surface area contributed by atoms with Gasteiger partial charge in [-0.2, -0.15) is 0 Å². The molecule has 0 spiro atoms. The van der Waals surface area contributed by atoms with E-state index in [2.05, 4.69) is 17.9 Å². The number of carbonyl (C=O) groups is 1. The lowest BCUT2D eigenvalue weighted by molar-refractivity contribution is -0.126. The third-order valence-corrected chi connectivity index (χ3v) is 4.80. The van der Waals surface area contributed by atoms with Crippen LogP contribution in [-0.2, 0) is 4.79 Å². The number of amides is 1. The van der Waals surface area contributed by atoms with Crippen LogP contribution in [0, 0.1) is 11.8 Å². The van der Waals surface area contributed by atoms with E-state index in [4.69, 9.17) is 4.98 Å². The first-order chi connectivity index (χ1) is 9.78. The molecular weight excluding hydrogens is 268 g/mol. The number of fused-ring (bicyclic) bond motifs is 1. The third-order valence-electron chi connectivity index (χ3n) is 3.60. The van der Waals surface area contributed by atoms with Gasteiger partial charge in [-0.1, -0.05) is 18.1 Å². The van der Waals surface area contributed by atoms with Crippen LogP contribution in [0.2, 0.25) is 0 Å². The average molecular weight is 284 g/mol. The van der Waals surface area contributed by atoms with Gasteiger partial charge in [0.15, 0.2) is 0 Å². The summed E-state index contributed by atoms with van der Waals surface area (Å²) < 4.78 is 1.22. The van der Waals surface area contributed by atoms with Crippen molar-refractivity contribution >= 4 is 27.5 Å². The number of thiazole rings is 1. The minimum absolute atomic E-state index is 0.0571. The van der Waals surface area contributed by atoms with Crippen molar-refractivity contribution in [3.8, 4) is 11.8 Å². The molecule has 1 aliphatic heterocycles. The first-order valence-electron chi connectivity index (χ1n) is 6.85. The number of hydrogen-bond donors (Lipinski definition) is 0. The second kappa shape index (κ2) is 5.64. The molecule has 0 bridgehead atoms. The van der Waals surface area contributed by atoms with E-state index in [0.29, 0.717) is 5.92 Å². The Labute approximate surface area is 122 Å². The van der Waals surface area contributed by atoms with Crippen molar-refractivity contribution in [3.05, 3.63) is 29.3 Å². The predicted octanol–water partition coefficient (Wildman–Crippen LogP) is 3.03. The molecule has 4 heteroatoms. The zero-order chi connectivity index (χ0) is 13.9. The molecule has 1 aromatic carbocycles. The van der Waals surface area contributed by atoms with Gasteiger partial charge in [-0.3, -0.25) is 4.79 Å². The Balaban J connectivity index is 1.82. The van der Waals surface area contributed by atoms with Crippen LogP contribution in [0.25, 0.3) is 10.2 Å². The van der Waals surface area contributed by atoms with Crippen molar-refractivity contribution in [1.82, 2.24) is 9.88 Å². The van der Waals surface area contributed by atoms with Crippen molar-refractivity contribution in [2.45, 2.75) is 25.7 Å². The van der Waals surface area contributed by atoms with Gasteiger partial charge in [0.2, 0.25) is 0 Å². The van der Waals surface area contributed by atoms with E-state index >= 15 is 0 Å². The molecule has 0 aliphatic carbocycles. The molecule has 1 saturated heterocycles. The zero-order valence-electron chi connectivity index (χ0n) is 11.4. The molecule has 3 nitrogen and oxygen atoms in total. The predicted molar refractivity (Wildman–Crippen MR) is 81.6 cm³/mol. The Morgan fingerprint density at radius 2 is 2.30 bits per heavy atom. The van der Waals surface area contributed by atoms with Gasteiger partial charge >= 0.3 is 0 Å². The standard InChI is InChI=1S/C16H16N2OS/c1-2-6-15(19)18-10-5-7-12(11-18)16-17-13-8-3-4-9-14(13)20-16/h3-4,8-9,12H,5,7,10-11H2,1H3. The lowest BCUT2D eigenvalue weighted by Gasteiger charge is -2.30. The van der Waals surface area contributed by atoms with Gasteiger partial charge in [-0.15, -0.1) is 11.3 Å². The van der Waals surface area contributed by atoms with E-state index in [1.165, 1.54) is 4.70 Å². The molecule has 3 rings (SSSR count). The number of para-hydroxylation sites is 1. The van der Waals surface area contributed by atoms with Crippen molar-refractivity contribution in [3.63, 3.8) is 0 Å². The van der Waals surface area contributed by atoms with Crippen LogP contribution in [0.3, 0.4) is 0 Å². The van der Waals surface area contributed by atoms with Crippen molar-refractivity contribution in [2.24, 2.45) is 0 Å². The molecule has 20 heavy (non-hydrogen) atoms. The number of aromatic nitrogens is 1. The molecule has 1 unspecified atom stereocenters. The summed E-state index contributed by atoms with van der Waals surface area (Å²) in [5.41, 5.74) is 1.06. The second-order valence-electron chi connectivity index (χ2n) is 4.99. The van der Waals surface area contributed by atoms with Gasteiger partial charge in [0, 0.05) is 19.0 Å². The number of nitrogens with zero attached hydrogens (tertiary/aromatic N) is 2. The fourth-order valence-corrected chi connectivity index (χ4v) is 3.71. The Bertz CT molecular complexity index is 662. The quantitative estimate of drug-likeness (QED) is 0.754. The highest BCUT2D eigenvalue weighted by Gasteiger charge is 2.26. The highest BCUT2D eigenvalue weighted by atomic mass is 32.1. The van der Waals surface area contributed by atoms with Crippen LogP contribution in [0.4, 0.5) is 0 Å². The van der Waals surface area contributed by atoms with Crippen LogP contribution >= 0.6 is 11.3 Å². The lowest BCUT2D eigenvalue weighted by Crippen LogP contribution is -2.38. The molecule has 2 heterocycles. The normalized spacial score (nSPS) is 18.6. The van der Waals surface area contributed by atoms with E-state index in [1.54, 1.807) is 18.3 Å². The molecule has 1 atom stereocenters. The van der Waals surface area contributed by atoms with Crippen molar-refractivity contribution < 1.29 is 4.79 Å².